The minimum Gasteiger partial charge on any atom is -0.478 e. The molecule has 0 bridgehead atoms. The largest absolute Gasteiger partial charge is 0.478 e. The smallest absolute Gasteiger partial charge is 0.331 e. The minimum atomic E-state index is -0.989. The lowest BCUT2D eigenvalue weighted by Gasteiger charge is -2.01. The molecule has 0 amide bonds. The quantitative estimate of drug-likeness (QED) is 0.514. The van der Waals surface area contributed by atoms with Crippen molar-refractivity contribution in [2.45, 2.75) is 13.3 Å². The van der Waals surface area contributed by atoms with Crippen molar-refractivity contribution in [3.63, 3.8) is 0 Å². The maximum Gasteiger partial charge on any atom is 0.331 e. The molecule has 4 heteroatoms. The topological polar surface area (TPSA) is 63.6 Å². The van der Waals surface area contributed by atoms with Gasteiger partial charge in [0.25, 0.3) is 0 Å². The third-order valence-corrected chi connectivity index (χ3v) is 1.41. The van der Waals surface area contributed by atoms with E-state index in [1.165, 1.54) is 6.08 Å². The number of rotatable bonds is 5. The molecular formula is C9H12O4. The lowest BCUT2D eigenvalue weighted by Crippen LogP contribution is -2.07. The van der Waals surface area contributed by atoms with Crippen LogP contribution in [0.2, 0.25) is 0 Å². The van der Waals surface area contributed by atoms with Gasteiger partial charge in [-0.3, -0.25) is 0 Å². The summed E-state index contributed by atoms with van der Waals surface area (Å²) in [7, 11) is 0. The van der Waals surface area contributed by atoms with Crippen LogP contribution in [0.1, 0.15) is 13.3 Å². The van der Waals surface area contributed by atoms with E-state index >= 15 is 0 Å². The molecule has 0 atom stereocenters. The third kappa shape index (κ3) is 4.79. The van der Waals surface area contributed by atoms with Crippen LogP contribution < -0.4 is 0 Å². The van der Waals surface area contributed by atoms with E-state index in [1.807, 2.05) is 0 Å². The Bertz CT molecular complexity index is 240. The van der Waals surface area contributed by atoms with Crippen LogP contribution in [-0.4, -0.2) is 23.7 Å². The van der Waals surface area contributed by atoms with Crippen LogP contribution in [0.4, 0.5) is 0 Å². The monoisotopic (exact) mass is 184 g/mol. The summed E-state index contributed by atoms with van der Waals surface area (Å²) in [5.74, 6) is -1.53. The van der Waals surface area contributed by atoms with Crippen LogP contribution in [0.3, 0.4) is 0 Å². The Balaban J connectivity index is 3.82. The predicted molar refractivity (Wildman–Crippen MR) is 47.2 cm³/mol. The van der Waals surface area contributed by atoms with Crippen molar-refractivity contribution in [2.75, 3.05) is 6.61 Å². The molecule has 0 aliphatic heterocycles. The Morgan fingerprint density at radius 1 is 1.54 bits per heavy atom. The second-order valence-corrected chi connectivity index (χ2v) is 2.24. The normalized spacial score (nSPS) is 10.7. The van der Waals surface area contributed by atoms with Gasteiger partial charge in [0.15, 0.2) is 0 Å². The van der Waals surface area contributed by atoms with Crippen molar-refractivity contribution in [3.8, 4) is 0 Å². The van der Waals surface area contributed by atoms with E-state index in [0.29, 0.717) is 0 Å². The summed E-state index contributed by atoms with van der Waals surface area (Å²) in [6.45, 7) is 4.90. The lowest BCUT2D eigenvalue weighted by atomic mass is 10.2. The summed E-state index contributed by atoms with van der Waals surface area (Å²) in [6, 6.07) is 0. The van der Waals surface area contributed by atoms with Crippen LogP contribution in [0.25, 0.3) is 0 Å². The Morgan fingerprint density at radius 2 is 2.15 bits per heavy atom. The molecule has 0 fully saturated rings. The first-order valence-corrected chi connectivity index (χ1v) is 3.79. The molecule has 0 saturated heterocycles. The van der Waals surface area contributed by atoms with Gasteiger partial charge < -0.3 is 9.84 Å². The van der Waals surface area contributed by atoms with Crippen molar-refractivity contribution < 1.29 is 19.4 Å². The molecule has 0 spiro atoms. The van der Waals surface area contributed by atoms with E-state index < -0.39 is 11.9 Å². The summed E-state index contributed by atoms with van der Waals surface area (Å²) in [5, 5.41) is 8.57. The van der Waals surface area contributed by atoms with Gasteiger partial charge in [0, 0.05) is 18.1 Å². The average molecular weight is 184 g/mol. The highest BCUT2D eigenvalue weighted by molar-refractivity contribution is 5.86. The van der Waals surface area contributed by atoms with Gasteiger partial charge in [-0.2, -0.15) is 0 Å². The number of hydrogen-bond acceptors (Lipinski definition) is 3. The second-order valence-electron chi connectivity index (χ2n) is 2.24. The molecule has 0 saturated carbocycles. The van der Waals surface area contributed by atoms with E-state index in [1.54, 1.807) is 6.92 Å². The highest BCUT2D eigenvalue weighted by atomic mass is 16.5. The molecule has 1 N–H and O–H groups in total. The van der Waals surface area contributed by atoms with Crippen molar-refractivity contribution in [2.24, 2.45) is 0 Å². The summed E-state index contributed by atoms with van der Waals surface area (Å²) >= 11 is 0. The van der Waals surface area contributed by atoms with Crippen LogP contribution >= 0.6 is 0 Å². The lowest BCUT2D eigenvalue weighted by molar-refractivity contribution is -0.139. The molecule has 0 unspecified atom stereocenters. The fraction of sp³-hybridized carbons (Fsp3) is 0.333. The van der Waals surface area contributed by atoms with Crippen LogP contribution in [-0.2, 0) is 14.3 Å². The summed E-state index contributed by atoms with van der Waals surface area (Å²) in [4.78, 5) is 21.0. The Kier molecular flexibility index (Phi) is 5.27. The average Bonchev–Trinajstić information content (AvgIpc) is 2.11. The Labute approximate surface area is 76.5 Å². The SMILES string of the molecule is C=CC(=O)OCCC(=CC)C(=O)O. The van der Waals surface area contributed by atoms with Gasteiger partial charge in [-0.1, -0.05) is 12.7 Å². The van der Waals surface area contributed by atoms with Gasteiger partial charge in [-0.25, -0.2) is 9.59 Å². The minimum absolute atomic E-state index is 0.0663. The molecule has 13 heavy (non-hydrogen) atoms. The van der Waals surface area contributed by atoms with E-state index in [9.17, 15) is 9.59 Å². The maximum absolute atomic E-state index is 10.5. The number of carbonyl (C=O) groups is 2. The van der Waals surface area contributed by atoms with E-state index in [4.69, 9.17) is 5.11 Å². The molecule has 0 aromatic heterocycles. The molecule has 0 heterocycles. The summed E-state index contributed by atoms with van der Waals surface area (Å²) in [5.41, 5.74) is 0.233. The number of allylic oxidation sites excluding steroid dienone is 1. The second kappa shape index (κ2) is 5.99. The summed E-state index contributed by atoms with van der Waals surface area (Å²) < 4.78 is 4.61. The highest BCUT2D eigenvalue weighted by Gasteiger charge is 2.06. The van der Waals surface area contributed by atoms with Gasteiger partial charge >= 0.3 is 11.9 Å². The fourth-order valence-electron chi connectivity index (χ4n) is 0.695. The molecular weight excluding hydrogens is 172 g/mol. The van der Waals surface area contributed by atoms with Gasteiger partial charge in [0.05, 0.1) is 6.61 Å². The first-order valence-electron chi connectivity index (χ1n) is 3.79. The number of carboxylic acid groups (broad SMARTS) is 1. The van der Waals surface area contributed by atoms with Crippen molar-refractivity contribution >= 4 is 11.9 Å². The Morgan fingerprint density at radius 3 is 2.54 bits per heavy atom. The van der Waals surface area contributed by atoms with E-state index in [-0.39, 0.29) is 18.6 Å². The Hall–Kier alpha value is -1.58. The number of aliphatic carboxylic acids is 1. The zero-order valence-electron chi connectivity index (χ0n) is 7.45. The van der Waals surface area contributed by atoms with E-state index in [0.717, 1.165) is 6.08 Å². The highest BCUT2D eigenvalue weighted by Crippen LogP contribution is 2.01. The fourth-order valence-corrected chi connectivity index (χ4v) is 0.695. The zero-order chi connectivity index (χ0) is 10.3. The molecule has 72 valence electrons. The molecule has 0 aromatic rings. The number of ether oxygens (including phenoxy) is 1. The number of esters is 1. The van der Waals surface area contributed by atoms with Crippen LogP contribution in [0.5, 0.6) is 0 Å². The molecule has 4 nitrogen and oxygen atoms in total. The maximum atomic E-state index is 10.5. The van der Waals surface area contributed by atoms with Gasteiger partial charge in [-0.15, -0.1) is 0 Å². The van der Waals surface area contributed by atoms with Gasteiger partial charge in [0.2, 0.25) is 0 Å². The number of carbonyl (C=O) groups excluding carboxylic acids is 1. The van der Waals surface area contributed by atoms with Gasteiger partial charge in [0.1, 0.15) is 0 Å². The first-order chi connectivity index (χ1) is 6.11. The number of carboxylic acids is 1. The van der Waals surface area contributed by atoms with Crippen molar-refractivity contribution in [3.05, 3.63) is 24.3 Å². The molecule has 0 rings (SSSR count). The summed E-state index contributed by atoms with van der Waals surface area (Å²) in [6.07, 6.45) is 2.73. The molecule has 0 aromatic carbocycles. The third-order valence-electron chi connectivity index (χ3n) is 1.41. The molecule has 0 aliphatic rings. The molecule has 0 aliphatic carbocycles. The standard InChI is InChI=1S/C9H12O4/c1-3-7(9(11)12)5-6-13-8(10)4-2/h3-4H,2,5-6H2,1H3,(H,11,12). The van der Waals surface area contributed by atoms with Crippen molar-refractivity contribution in [1.82, 2.24) is 0 Å². The molecule has 0 radical (unpaired) electrons. The van der Waals surface area contributed by atoms with Crippen LogP contribution in [0.15, 0.2) is 24.3 Å². The first kappa shape index (κ1) is 11.4. The van der Waals surface area contributed by atoms with E-state index in [2.05, 4.69) is 11.3 Å². The zero-order valence-corrected chi connectivity index (χ0v) is 7.45. The van der Waals surface area contributed by atoms with Crippen molar-refractivity contribution in [1.29, 1.82) is 0 Å². The van der Waals surface area contributed by atoms with Gasteiger partial charge in [-0.05, 0) is 6.92 Å². The predicted octanol–water partition coefficient (Wildman–Crippen LogP) is 1.14. The van der Waals surface area contributed by atoms with Crippen LogP contribution in [0, 0.1) is 0 Å². The number of hydrogen-bond donors (Lipinski definition) is 1.